The van der Waals surface area contributed by atoms with E-state index in [1.54, 1.807) is 18.7 Å². The Balaban J connectivity index is 1.38. The van der Waals surface area contributed by atoms with Crippen molar-refractivity contribution in [2.75, 3.05) is 37.6 Å². The molecule has 1 saturated heterocycles. The molecular formula is C23H27ClN4O4. The molecule has 0 radical (unpaired) electrons. The maximum Gasteiger partial charge on any atom is 0.413 e. The van der Waals surface area contributed by atoms with Crippen molar-refractivity contribution < 1.29 is 19.1 Å². The second-order valence-corrected chi connectivity index (χ2v) is 8.82. The lowest BCUT2D eigenvalue weighted by molar-refractivity contribution is -0.126. The Bertz CT molecular complexity index is 1040. The van der Waals surface area contributed by atoms with Gasteiger partial charge in [0.1, 0.15) is 0 Å². The average molecular weight is 459 g/mol. The maximum absolute atomic E-state index is 13.0. The van der Waals surface area contributed by atoms with Gasteiger partial charge in [0.2, 0.25) is 5.88 Å². The van der Waals surface area contributed by atoms with Gasteiger partial charge in [0, 0.05) is 54.7 Å². The van der Waals surface area contributed by atoms with Crippen LogP contribution in [0.2, 0.25) is 5.02 Å². The molecule has 4 rings (SSSR count). The summed E-state index contributed by atoms with van der Waals surface area (Å²) in [6.45, 7) is 6.05. The molecule has 8 nitrogen and oxygen atoms in total. The van der Waals surface area contributed by atoms with Crippen molar-refractivity contribution in [3.8, 4) is 5.88 Å². The van der Waals surface area contributed by atoms with E-state index in [2.05, 4.69) is 15.2 Å². The summed E-state index contributed by atoms with van der Waals surface area (Å²) in [6, 6.07) is 7.57. The minimum Gasteiger partial charge on any atom is -0.393 e. The molecule has 2 heterocycles. The van der Waals surface area contributed by atoms with Crippen LogP contribution in [0.25, 0.3) is 0 Å². The number of piperazine rings is 1. The maximum atomic E-state index is 13.0. The number of H-pyrrole nitrogens is 1. The van der Waals surface area contributed by atoms with Crippen LogP contribution in [0.5, 0.6) is 5.88 Å². The van der Waals surface area contributed by atoms with Crippen LogP contribution < -0.4 is 15.0 Å². The van der Waals surface area contributed by atoms with Gasteiger partial charge in [0.25, 0.3) is 11.7 Å². The SMILES string of the molecule is Cc1[nH]c(OC(=O)NCC2CC2)c(C)c1C(=O)C(=O)N1CCN(c2cccc(Cl)c2)CC1. The van der Waals surface area contributed by atoms with Crippen molar-refractivity contribution >= 4 is 35.1 Å². The number of ether oxygens (including phenoxy) is 1. The highest BCUT2D eigenvalue weighted by atomic mass is 35.5. The van der Waals surface area contributed by atoms with E-state index >= 15 is 0 Å². The van der Waals surface area contributed by atoms with Gasteiger partial charge >= 0.3 is 6.09 Å². The number of aromatic nitrogens is 1. The molecule has 2 fully saturated rings. The van der Waals surface area contributed by atoms with Crippen molar-refractivity contribution in [1.29, 1.82) is 0 Å². The number of nitrogens with zero attached hydrogens (tertiary/aromatic N) is 2. The number of amides is 2. The second-order valence-electron chi connectivity index (χ2n) is 8.38. The van der Waals surface area contributed by atoms with Crippen molar-refractivity contribution in [3.63, 3.8) is 0 Å². The van der Waals surface area contributed by atoms with Crippen LogP contribution >= 0.6 is 11.6 Å². The smallest absolute Gasteiger partial charge is 0.393 e. The van der Waals surface area contributed by atoms with Crippen LogP contribution in [0.3, 0.4) is 0 Å². The molecule has 1 saturated carbocycles. The van der Waals surface area contributed by atoms with Gasteiger partial charge in [-0.2, -0.15) is 0 Å². The number of halogens is 1. The molecule has 170 valence electrons. The van der Waals surface area contributed by atoms with Crippen molar-refractivity contribution in [3.05, 3.63) is 46.1 Å². The number of Topliss-reactive ketones (excluding diaryl/α,β-unsaturated/α-hetero) is 1. The van der Waals surface area contributed by atoms with E-state index in [1.165, 1.54) is 0 Å². The summed E-state index contributed by atoms with van der Waals surface area (Å²) in [7, 11) is 0. The van der Waals surface area contributed by atoms with Crippen LogP contribution in [-0.2, 0) is 4.79 Å². The lowest BCUT2D eigenvalue weighted by Gasteiger charge is -2.35. The van der Waals surface area contributed by atoms with Gasteiger partial charge in [-0.25, -0.2) is 4.79 Å². The zero-order valence-corrected chi connectivity index (χ0v) is 19.0. The average Bonchev–Trinajstić information content (AvgIpc) is 3.57. The van der Waals surface area contributed by atoms with Crippen LogP contribution in [-0.4, -0.2) is 60.4 Å². The third-order valence-electron chi connectivity index (χ3n) is 5.98. The Hall–Kier alpha value is -3.00. The minimum absolute atomic E-state index is 0.192. The molecule has 1 aliphatic carbocycles. The Kier molecular flexibility index (Phi) is 6.41. The van der Waals surface area contributed by atoms with Crippen molar-refractivity contribution in [2.24, 2.45) is 5.92 Å². The van der Waals surface area contributed by atoms with Gasteiger partial charge in [-0.05, 0) is 50.8 Å². The minimum atomic E-state index is -0.597. The number of aromatic amines is 1. The van der Waals surface area contributed by atoms with E-state index in [9.17, 15) is 14.4 Å². The highest BCUT2D eigenvalue weighted by Gasteiger charge is 2.31. The summed E-state index contributed by atoms with van der Waals surface area (Å²) in [5.74, 6) is -0.424. The third kappa shape index (κ3) is 4.91. The summed E-state index contributed by atoms with van der Waals surface area (Å²) < 4.78 is 5.33. The first-order valence-corrected chi connectivity index (χ1v) is 11.2. The number of carbonyl (C=O) groups is 3. The van der Waals surface area contributed by atoms with E-state index < -0.39 is 17.8 Å². The first kappa shape index (κ1) is 22.2. The topological polar surface area (TPSA) is 94.7 Å². The first-order chi connectivity index (χ1) is 15.3. The van der Waals surface area contributed by atoms with Crippen LogP contribution in [0.1, 0.15) is 34.5 Å². The standard InChI is InChI=1S/C23H27ClN4O4/c1-14-19(15(2)26-21(14)32-23(31)25-13-16-6-7-16)20(29)22(30)28-10-8-27(9-11-28)18-5-3-4-17(24)12-18/h3-5,12,16,26H,6-11,13H2,1-2H3,(H,25,31). The van der Waals surface area contributed by atoms with Crippen LogP contribution in [0, 0.1) is 19.8 Å². The van der Waals surface area contributed by atoms with E-state index in [0.29, 0.717) is 54.9 Å². The number of rotatable bonds is 6. The number of ketones is 1. The number of hydrogen-bond acceptors (Lipinski definition) is 5. The first-order valence-electron chi connectivity index (χ1n) is 10.8. The molecule has 2 amide bonds. The van der Waals surface area contributed by atoms with Gasteiger partial charge in [-0.3, -0.25) is 9.59 Å². The molecule has 0 spiro atoms. The molecular weight excluding hydrogens is 432 g/mol. The lowest BCUT2D eigenvalue weighted by atomic mass is 10.1. The Labute approximate surface area is 191 Å². The summed E-state index contributed by atoms with van der Waals surface area (Å²) in [4.78, 5) is 44.6. The van der Waals surface area contributed by atoms with E-state index in [1.807, 2.05) is 24.3 Å². The third-order valence-corrected chi connectivity index (χ3v) is 6.22. The van der Waals surface area contributed by atoms with Gasteiger partial charge < -0.3 is 24.8 Å². The largest absolute Gasteiger partial charge is 0.413 e. The molecule has 2 aliphatic rings. The molecule has 1 aromatic carbocycles. The second kappa shape index (κ2) is 9.24. The number of nitrogens with one attached hydrogen (secondary N) is 2. The fourth-order valence-corrected chi connectivity index (χ4v) is 4.12. The Morgan fingerprint density at radius 3 is 2.53 bits per heavy atom. The zero-order chi connectivity index (χ0) is 22.8. The summed E-state index contributed by atoms with van der Waals surface area (Å²) in [5, 5.41) is 3.38. The normalized spacial score (nSPS) is 16.1. The van der Waals surface area contributed by atoms with Gasteiger partial charge in [0.05, 0.1) is 5.56 Å². The van der Waals surface area contributed by atoms with E-state index in [-0.39, 0.29) is 11.4 Å². The highest BCUT2D eigenvalue weighted by Crippen LogP contribution is 2.28. The monoisotopic (exact) mass is 458 g/mol. The fraction of sp³-hybridized carbons (Fsp3) is 0.435. The number of aryl methyl sites for hydroxylation is 1. The van der Waals surface area contributed by atoms with Gasteiger partial charge in [-0.1, -0.05) is 17.7 Å². The zero-order valence-electron chi connectivity index (χ0n) is 18.2. The fourth-order valence-electron chi connectivity index (χ4n) is 3.93. The molecule has 0 bridgehead atoms. The predicted octanol–water partition coefficient (Wildman–Crippen LogP) is 3.31. The molecule has 9 heteroatoms. The van der Waals surface area contributed by atoms with Crippen LogP contribution in [0.4, 0.5) is 10.5 Å². The van der Waals surface area contributed by atoms with Crippen molar-refractivity contribution in [2.45, 2.75) is 26.7 Å². The number of hydrogen-bond donors (Lipinski definition) is 2. The molecule has 32 heavy (non-hydrogen) atoms. The van der Waals surface area contributed by atoms with Gasteiger partial charge in [0.15, 0.2) is 0 Å². The summed E-state index contributed by atoms with van der Waals surface area (Å²) in [6.07, 6.45) is 1.67. The summed E-state index contributed by atoms with van der Waals surface area (Å²) >= 11 is 6.08. The number of carbonyl (C=O) groups excluding carboxylic acids is 3. The Morgan fingerprint density at radius 1 is 1.16 bits per heavy atom. The molecule has 2 N–H and O–H groups in total. The molecule has 2 aromatic rings. The molecule has 1 aliphatic heterocycles. The van der Waals surface area contributed by atoms with E-state index in [4.69, 9.17) is 16.3 Å². The predicted molar refractivity (Wildman–Crippen MR) is 122 cm³/mol. The van der Waals surface area contributed by atoms with Crippen molar-refractivity contribution in [1.82, 2.24) is 15.2 Å². The molecule has 0 unspecified atom stereocenters. The molecule has 1 aromatic heterocycles. The number of anilines is 1. The van der Waals surface area contributed by atoms with Gasteiger partial charge in [-0.15, -0.1) is 0 Å². The van der Waals surface area contributed by atoms with Crippen LogP contribution in [0.15, 0.2) is 24.3 Å². The molecule has 0 atom stereocenters. The Morgan fingerprint density at radius 2 is 1.88 bits per heavy atom. The number of benzene rings is 1. The summed E-state index contributed by atoms with van der Waals surface area (Å²) in [5.41, 5.74) is 2.22. The van der Waals surface area contributed by atoms with E-state index in [0.717, 1.165) is 18.5 Å². The quantitative estimate of drug-likeness (QED) is 0.511. The highest BCUT2D eigenvalue weighted by molar-refractivity contribution is 6.43. The lowest BCUT2D eigenvalue weighted by Crippen LogP contribution is -2.50.